The van der Waals surface area contributed by atoms with Gasteiger partial charge in [-0.15, -0.1) is 0 Å². The van der Waals surface area contributed by atoms with Crippen molar-refractivity contribution in [2.24, 2.45) is 0 Å². The van der Waals surface area contributed by atoms with Gasteiger partial charge in [-0.3, -0.25) is 4.57 Å². The number of hydrogen-bond acceptors (Lipinski definition) is 2. The van der Waals surface area contributed by atoms with E-state index in [9.17, 15) is 14.4 Å². The third kappa shape index (κ3) is 2.58. The molecule has 0 spiro atoms. The van der Waals surface area contributed by atoms with Crippen LogP contribution >= 0.6 is 7.60 Å². The zero-order valence-electron chi connectivity index (χ0n) is 12.7. The number of para-hydroxylation sites is 2. The Balaban J connectivity index is 2.13. The molecule has 0 saturated carbocycles. The Morgan fingerprint density at radius 2 is 1.41 bits per heavy atom. The van der Waals surface area contributed by atoms with Crippen molar-refractivity contribution in [2.75, 3.05) is 17.6 Å². The third-order valence-electron chi connectivity index (χ3n) is 4.35. The molecule has 1 aliphatic heterocycles. The van der Waals surface area contributed by atoms with Gasteiger partial charge in [0.05, 0.1) is 6.16 Å². The normalized spacial score (nSPS) is 16.1. The zero-order valence-corrected chi connectivity index (χ0v) is 13.6. The van der Waals surface area contributed by atoms with Crippen LogP contribution in [0.15, 0.2) is 48.5 Å². The summed E-state index contributed by atoms with van der Waals surface area (Å²) in [6.07, 6.45) is -0.157. The molecule has 0 atom stereocenters. The van der Waals surface area contributed by atoms with Gasteiger partial charge in [-0.1, -0.05) is 50.2 Å². The molecule has 0 unspecified atom stereocenters. The monoisotopic (exact) mass is 317 g/mol. The third-order valence-corrected chi connectivity index (χ3v) is 5.13. The fraction of sp³-hybridized carbons (Fsp3) is 0.294. The van der Waals surface area contributed by atoms with Crippen LogP contribution in [-0.2, 0) is 9.98 Å². The molecule has 22 heavy (non-hydrogen) atoms. The molecular weight excluding hydrogens is 297 g/mol. The molecular formula is C17H20NO3P. The first-order chi connectivity index (χ1) is 10.3. The molecule has 116 valence electrons. The Morgan fingerprint density at radius 3 is 1.86 bits per heavy atom. The predicted molar refractivity (Wildman–Crippen MR) is 88.9 cm³/mol. The highest BCUT2D eigenvalue weighted by Crippen LogP contribution is 2.49. The Bertz CT molecular complexity index is 702. The van der Waals surface area contributed by atoms with E-state index in [2.05, 4.69) is 26.0 Å². The van der Waals surface area contributed by atoms with Crippen molar-refractivity contribution in [2.45, 2.75) is 19.3 Å². The minimum Gasteiger partial charge on any atom is -0.340 e. The predicted octanol–water partition coefficient (Wildman–Crippen LogP) is 3.64. The fourth-order valence-corrected chi connectivity index (χ4v) is 3.68. The van der Waals surface area contributed by atoms with Crippen LogP contribution in [0.4, 0.5) is 11.4 Å². The molecule has 0 aromatic heterocycles. The number of fused-ring (bicyclic) bond motifs is 2. The number of benzene rings is 2. The van der Waals surface area contributed by atoms with Crippen molar-refractivity contribution in [1.82, 2.24) is 0 Å². The second-order valence-corrected chi connectivity index (χ2v) is 7.98. The Labute approximate surface area is 130 Å². The Kier molecular flexibility index (Phi) is 3.64. The zero-order chi connectivity index (χ0) is 16.0. The van der Waals surface area contributed by atoms with Crippen molar-refractivity contribution in [3.63, 3.8) is 0 Å². The first-order valence-electron chi connectivity index (χ1n) is 7.32. The average Bonchev–Trinajstić information content (AvgIpc) is 2.46. The van der Waals surface area contributed by atoms with Crippen LogP contribution in [0.1, 0.15) is 25.0 Å². The summed E-state index contributed by atoms with van der Waals surface area (Å²) in [5, 5.41) is 0. The van der Waals surface area contributed by atoms with E-state index in [1.54, 1.807) is 0 Å². The summed E-state index contributed by atoms with van der Waals surface area (Å²) in [4.78, 5) is 20.5. The van der Waals surface area contributed by atoms with E-state index in [4.69, 9.17) is 0 Å². The molecule has 0 bridgehead atoms. The summed E-state index contributed by atoms with van der Waals surface area (Å²) in [6, 6.07) is 16.2. The molecule has 0 radical (unpaired) electrons. The summed E-state index contributed by atoms with van der Waals surface area (Å²) in [5.41, 5.74) is 4.28. The van der Waals surface area contributed by atoms with E-state index < -0.39 is 7.60 Å². The van der Waals surface area contributed by atoms with Crippen molar-refractivity contribution >= 4 is 19.0 Å². The lowest BCUT2D eigenvalue weighted by atomic mass is 9.74. The van der Waals surface area contributed by atoms with E-state index in [0.717, 1.165) is 11.4 Å². The number of rotatable bonds is 3. The van der Waals surface area contributed by atoms with Gasteiger partial charge in [-0.2, -0.15) is 0 Å². The van der Waals surface area contributed by atoms with Crippen LogP contribution in [0.5, 0.6) is 0 Å². The molecule has 3 rings (SSSR count). The molecule has 0 saturated heterocycles. The van der Waals surface area contributed by atoms with Crippen molar-refractivity contribution in [1.29, 1.82) is 0 Å². The van der Waals surface area contributed by atoms with E-state index >= 15 is 0 Å². The Hall–Kier alpha value is -1.61. The lowest BCUT2D eigenvalue weighted by molar-refractivity contribution is 0.373. The van der Waals surface area contributed by atoms with Crippen LogP contribution in [0.25, 0.3) is 0 Å². The molecule has 0 amide bonds. The highest BCUT2D eigenvalue weighted by atomic mass is 31.2. The minimum absolute atomic E-state index is 0.133. The van der Waals surface area contributed by atoms with Gasteiger partial charge in [0.1, 0.15) is 0 Å². The van der Waals surface area contributed by atoms with Gasteiger partial charge in [0.25, 0.3) is 0 Å². The molecule has 0 fully saturated rings. The maximum Gasteiger partial charge on any atom is 0.327 e. The van der Waals surface area contributed by atoms with Gasteiger partial charge in [0.15, 0.2) is 0 Å². The van der Waals surface area contributed by atoms with E-state index in [1.807, 2.05) is 41.3 Å². The highest BCUT2D eigenvalue weighted by Gasteiger charge is 2.36. The van der Waals surface area contributed by atoms with E-state index in [1.165, 1.54) is 11.1 Å². The standard InChI is InChI=1S/C17H20NO3P/c1-17(2)13-7-3-5-9-15(13)18(11-12-22(19,20)21)16-10-6-4-8-14(16)17/h3-10H,11-12H2,1-2H3,(H2,19,20,21). The van der Waals surface area contributed by atoms with E-state index in [0.29, 0.717) is 6.54 Å². The molecule has 0 aliphatic carbocycles. The first-order valence-corrected chi connectivity index (χ1v) is 9.11. The first kappa shape index (κ1) is 15.3. The van der Waals surface area contributed by atoms with Crippen LogP contribution in [-0.4, -0.2) is 22.5 Å². The molecule has 1 heterocycles. The van der Waals surface area contributed by atoms with Crippen molar-refractivity contribution in [3.8, 4) is 0 Å². The van der Waals surface area contributed by atoms with Crippen LogP contribution in [0.2, 0.25) is 0 Å². The van der Waals surface area contributed by atoms with Crippen molar-refractivity contribution in [3.05, 3.63) is 59.7 Å². The molecule has 1 aliphatic rings. The minimum atomic E-state index is -4.03. The Morgan fingerprint density at radius 1 is 0.955 bits per heavy atom. The quantitative estimate of drug-likeness (QED) is 0.849. The number of hydrogen-bond donors (Lipinski definition) is 2. The molecule has 2 aromatic carbocycles. The van der Waals surface area contributed by atoms with Crippen LogP contribution in [0, 0.1) is 0 Å². The largest absolute Gasteiger partial charge is 0.340 e. The molecule has 4 nitrogen and oxygen atoms in total. The summed E-state index contributed by atoms with van der Waals surface area (Å²) < 4.78 is 11.3. The lowest BCUT2D eigenvalue weighted by Gasteiger charge is -2.42. The number of anilines is 2. The molecule has 2 aromatic rings. The number of nitrogens with zero attached hydrogens (tertiary/aromatic N) is 1. The summed E-state index contributed by atoms with van der Waals surface area (Å²) in [6.45, 7) is 4.67. The second-order valence-electron chi connectivity index (χ2n) is 6.20. The second kappa shape index (κ2) is 5.24. The average molecular weight is 317 g/mol. The smallest absolute Gasteiger partial charge is 0.327 e. The van der Waals surface area contributed by atoms with Gasteiger partial charge in [0.2, 0.25) is 0 Å². The summed E-state index contributed by atoms with van der Waals surface area (Å²) >= 11 is 0. The lowest BCUT2D eigenvalue weighted by Crippen LogP contribution is -2.34. The maximum absolute atomic E-state index is 11.3. The molecule has 2 N–H and O–H groups in total. The maximum atomic E-state index is 11.3. The summed E-state index contributed by atoms with van der Waals surface area (Å²) in [7, 11) is -4.03. The van der Waals surface area contributed by atoms with Crippen molar-refractivity contribution < 1.29 is 14.4 Å². The SMILES string of the molecule is CC1(C)c2ccccc2N(CCP(=O)(O)O)c2ccccc21. The van der Waals surface area contributed by atoms with Gasteiger partial charge < -0.3 is 14.7 Å². The molecule has 5 heteroatoms. The van der Waals surface area contributed by atoms with Gasteiger partial charge in [-0.25, -0.2) is 0 Å². The van der Waals surface area contributed by atoms with Gasteiger partial charge in [0, 0.05) is 23.3 Å². The fourth-order valence-electron chi connectivity index (χ4n) is 3.22. The van der Waals surface area contributed by atoms with Gasteiger partial charge >= 0.3 is 7.60 Å². The van der Waals surface area contributed by atoms with Crippen LogP contribution in [0.3, 0.4) is 0 Å². The highest BCUT2D eigenvalue weighted by molar-refractivity contribution is 7.51. The van der Waals surface area contributed by atoms with E-state index in [-0.39, 0.29) is 11.6 Å². The van der Waals surface area contributed by atoms with Crippen LogP contribution < -0.4 is 4.90 Å². The van der Waals surface area contributed by atoms with Gasteiger partial charge in [-0.05, 0) is 23.3 Å². The topological polar surface area (TPSA) is 60.8 Å². The summed E-state index contributed by atoms with van der Waals surface area (Å²) in [5.74, 6) is 0.